The molecule has 17 heavy (non-hydrogen) atoms. The molecule has 0 amide bonds. The predicted octanol–water partition coefficient (Wildman–Crippen LogP) is 2.72. The van der Waals surface area contributed by atoms with Crippen LogP contribution in [0.5, 0.6) is 5.75 Å². The van der Waals surface area contributed by atoms with Gasteiger partial charge in [-0.05, 0) is 47.0 Å². The zero-order valence-corrected chi connectivity index (χ0v) is 11.3. The normalized spacial score (nSPS) is 19.2. The van der Waals surface area contributed by atoms with Gasteiger partial charge in [-0.25, -0.2) is 0 Å². The van der Waals surface area contributed by atoms with Gasteiger partial charge in [0.1, 0.15) is 12.0 Å². The van der Waals surface area contributed by atoms with Gasteiger partial charge >= 0.3 is 0 Å². The Morgan fingerprint density at radius 1 is 1.29 bits per heavy atom. The number of para-hydroxylation sites is 1. The number of nitrogens with one attached hydrogen (secondary N) is 1. The molecule has 1 aromatic rings. The van der Waals surface area contributed by atoms with Crippen LogP contribution >= 0.6 is 15.9 Å². The number of dihydropyridines is 1. The van der Waals surface area contributed by atoms with Crippen LogP contribution in [0.25, 0.3) is 0 Å². The summed E-state index contributed by atoms with van der Waals surface area (Å²) in [5.41, 5.74) is 2.16. The predicted molar refractivity (Wildman–Crippen MR) is 70.8 cm³/mol. The highest BCUT2D eigenvalue weighted by Gasteiger charge is 2.14. The summed E-state index contributed by atoms with van der Waals surface area (Å²) < 4.78 is 6.59. The quantitative estimate of drug-likeness (QED) is 0.881. The van der Waals surface area contributed by atoms with E-state index in [0.29, 0.717) is 5.76 Å². The summed E-state index contributed by atoms with van der Waals surface area (Å²) in [7, 11) is 0. The van der Waals surface area contributed by atoms with E-state index in [1.165, 1.54) is 0 Å². The standard InChI is InChI=1S/C13H14BrNO2/c1-8-4-3-5-9(2)13(8)17-11-7-15-12(16)6-10(11)14/h3-7,12,15-16H,1-2H3. The molecule has 1 atom stereocenters. The van der Waals surface area contributed by atoms with E-state index in [4.69, 9.17) is 4.74 Å². The van der Waals surface area contributed by atoms with Crippen LogP contribution in [0, 0.1) is 13.8 Å². The second kappa shape index (κ2) is 4.94. The summed E-state index contributed by atoms with van der Waals surface area (Å²) in [4.78, 5) is 0. The summed E-state index contributed by atoms with van der Waals surface area (Å²) in [5.74, 6) is 1.51. The lowest BCUT2D eigenvalue weighted by Gasteiger charge is -2.19. The molecular weight excluding hydrogens is 282 g/mol. The Bertz CT molecular complexity index is 474. The van der Waals surface area contributed by atoms with Gasteiger partial charge in [-0.2, -0.15) is 0 Å². The minimum Gasteiger partial charge on any atom is -0.454 e. The van der Waals surface area contributed by atoms with Gasteiger partial charge in [0.25, 0.3) is 0 Å². The fourth-order valence-electron chi connectivity index (χ4n) is 1.65. The second-order valence-corrected chi connectivity index (χ2v) is 4.81. The highest BCUT2D eigenvalue weighted by Crippen LogP contribution is 2.29. The van der Waals surface area contributed by atoms with Crippen LogP contribution in [0.4, 0.5) is 0 Å². The van der Waals surface area contributed by atoms with Crippen molar-refractivity contribution in [3.63, 3.8) is 0 Å². The average molecular weight is 296 g/mol. The zero-order chi connectivity index (χ0) is 12.4. The van der Waals surface area contributed by atoms with E-state index >= 15 is 0 Å². The van der Waals surface area contributed by atoms with E-state index in [0.717, 1.165) is 21.4 Å². The largest absolute Gasteiger partial charge is 0.454 e. The van der Waals surface area contributed by atoms with Crippen molar-refractivity contribution in [2.75, 3.05) is 0 Å². The molecule has 1 heterocycles. The van der Waals surface area contributed by atoms with E-state index in [1.54, 1.807) is 12.3 Å². The Balaban J connectivity index is 2.25. The summed E-state index contributed by atoms with van der Waals surface area (Å²) in [6.45, 7) is 4.01. The van der Waals surface area contributed by atoms with Crippen molar-refractivity contribution in [1.29, 1.82) is 0 Å². The molecule has 0 saturated carbocycles. The zero-order valence-electron chi connectivity index (χ0n) is 9.70. The van der Waals surface area contributed by atoms with E-state index in [2.05, 4.69) is 21.2 Å². The molecule has 0 spiro atoms. The van der Waals surface area contributed by atoms with Crippen molar-refractivity contribution in [3.8, 4) is 5.75 Å². The van der Waals surface area contributed by atoms with E-state index in [1.807, 2.05) is 32.0 Å². The molecule has 1 aromatic carbocycles. The van der Waals surface area contributed by atoms with Crippen LogP contribution in [-0.4, -0.2) is 11.3 Å². The van der Waals surface area contributed by atoms with Crippen LogP contribution in [0.15, 0.2) is 40.7 Å². The Hall–Kier alpha value is -1.26. The van der Waals surface area contributed by atoms with Crippen LogP contribution in [-0.2, 0) is 0 Å². The van der Waals surface area contributed by atoms with Crippen molar-refractivity contribution in [3.05, 3.63) is 51.8 Å². The molecule has 1 aliphatic heterocycles. The fourth-order valence-corrected chi connectivity index (χ4v) is 2.09. The van der Waals surface area contributed by atoms with Crippen molar-refractivity contribution in [2.45, 2.75) is 20.1 Å². The minimum atomic E-state index is -0.672. The molecule has 0 aromatic heterocycles. The molecule has 0 saturated heterocycles. The van der Waals surface area contributed by atoms with Crippen LogP contribution in [0.1, 0.15) is 11.1 Å². The molecule has 0 radical (unpaired) electrons. The molecule has 4 heteroatoms. The molecular formula is C13H14BrNO2. The molecule has 2 N–H and O–H groups in total. The van der Waals surface area contributed by atoms with Gasteiger partial charge in [-0.15, -0.1) is 0 Å². The smallest absolute Gasteiger partial charge is 0.157 e. The average Bonchev–Trinajstić information content (AvgIpc) is 2.26. The Morgan fingerprint density at radius 3 is 2.53 bits per heavy atom. The van der Waals surface area contributed by atoms with Crippen molar-refractivity contribution in [1.82, 2.24) is 5.32 Å². The van der Waals surface area contributed by atoms with Gasteiger partial charge in [-0.3, -0.25) is 0 Å². The molecule has 2 rings (SSSR count). The highest BCUT2D eigenvalue weighted by molar-refractivity contribution is 9.11. The lowest BCUT2D eigenvalue weighted by atomic mass is 10.1. The van der Waals surface area contributed by atoms with Gasteiger partial charge in [0, 0.05) is 6.20 Å². The first-order valence-electron chi connectivity index (χ1n) is 5.34. The Morgan fingerprint density at radius 2 is 1.94 bits per heavy atom. The Kier molecular flexibility index (Phi) is 3.54. The van der Waals surface area contributed by atoms with Gasteiger partial charge in [-0.1, -0.05) is 18.2 Å². The summed E-state index contributed by atoms with van der Waals surface area (Å²) >= 11 is 3.37. The first kappa shape index (κ1) is 12.2. The highest BCUT2D eigenvalue weighted by atomic mass is 79.9. The number of ether oxygens (including phenoxy) is 1. The molecule has 0 bridgehead atoms. The number of benzene rings is 1. The number of hydrogen-bond acceptors (Lipinski definition) is 3. The topological polar surface area (TPSA) is 41.5 Å². The summed E-state index contributed by atoms with van der Waals surface area (Å²) in [6, 6.07) is 6.01. The second-order valence-electron chi connectivity index (χ2n) is 3.96. The number of aliphatic hydroxyl groups is 1. The first-order valence-corrected chi connectivity index (χ1v) is 6.13. The maximum absolute atomic E-state index is 9.35. The third-order valence-corrected chi connectivity index (χ3v) is 3.20. The first-order chi connectivity index (χ1) is 8.08. The van der Waals surface area contributed by atoms with Crippen LogP contribution in [0.2, 0.25) is 0 Å². The van der Waals surface area contributed by atoms with Gasteiger partial charge in [0.2, 0.25) is 0 Å². The van der Waals surface area contributed by atoms with Crippen molar-refractivity contribution in [2.24, 2.45) is 0 Å². The third-order valence-electron chi connectivity index (χ3n) is 2.55. The summed E-state index contributed by atoms with van der Waals surface area (Å²) in [6.07, 6.45) is 2.62. The van der Waals surface area contributed by atoms with Gasteiger partial charge in [0.05, 0.1) is 4.48 Å². The van der Waals surface area contributed by atoms with Crippen LogP contribution < -0.4 is 10.1 Å². The molecule has 90 valence electrons. The maximum Gasteiger partial charge on any atom is 0.157 e. The monoisotopic (exact) mass is 295 g/mol. The maximum atomic E-state index is 9.35. The van der Waals surface area contributed by atoms with Crippen molar-refractivity contribution < 1.29 is 9.84 Å². The number of aliphatic hydroxyl groups excluding tert-OH is 1. The van der Waals surface area contributed by atoms with Gasteiger partial charge in [0.15, 0.2) is 5.76 Å². The Labute approximate surface area is 109 Å². The number of hydrogen-bond donors (Lipinski definition) is 2. The molecule has 1 aliphatic rings. The fraction of sp³-hybridized carbons (Fsp3) is 0.231. The van der Waals surface area contributed by atoms with E-state index < -0.39 is 6.23 Å². The van der Waals surface area contributed by atoms with Crippen molar-refractivity contribution >= 4 is 15.9 Å². The summed E-state index contributed by atoms with van der Waals surface area (Å²) in [5, 5.41) is 12.1. The number of allylic oxidation sites excluding steroid dienone is 1. The lowest BCUT2D eigenvalue weighted by molar-refractivity contribution is 0.197. The number of aryl methyl sites for hydroxylation is 2. The van der Waals surface area contributed by atoms with Crippen LogP contribution in [0.3, 0.4) is 0 Å². The molecule has 0 aliphatic carbocycles. The molecule has 1 unspecified atom stereocenters. The van der Waals surface area contributed by atoms with E-state index in [-0.39, 0.29) is 0 Å². The van der Waals surface area contributed by atoms with E-state index in [9.17, 15) is 5.11 Å². The SMILES string of the molecule is Cc1cccc(C)c1OC1=CNC(O)C=C1Br. The number of rotatable bonds is 2. The lowest BCUT2D eigenvalue weighted by Crippen LogP contribution is -2.26. The molecule has 3 nitrogen and oxygen atoms in total. The number of halogens is 1. The third kappa shape index (κ3) is 2.70. The molecule has 0 fully saturated rings. The van der Waals surface area contributed by atoms with Gasteiger partial charge < -0.3 is 15.2 Å². The minimum absolute atomic E-state index is 0.660.